The van der Waals surface area contributed by atoms with Crippen molar-refractivity contribution in [3.63, 3.8) is 0 Å². The number of ether oxygens (including phenoxy) is 1. The van der Waals surface area contributed by atoms with E-state index in [1.807, 2.05) is 17.9 Å². The Labute approximate surface area is 274 Å². The standard InChI is InChI=1S/C29H29ClF3N9O4S/c1-2-20-23(39-7-9-40(10-8-39)26(44)22-24(34)47-15-35-22)27(45)42-28(37-25(38-42)16-5-11-46-12-6-16)41(20)14-21(43)36-19-4-3-17(13-18(19)30)29(31,32)33/h3-5,13,15H,2,6-12,14,34H2,1H3,(H,36,43). The summed E-state index contributed by atoms with van der Waals surface area (Å²) in [4.78, 5) is 52.7. The lowest BCUT2D eigenvalue weighted by molar-refractivity contribution is -0.137. The topological polar surface area (TPSA) is 153 Å². The van der Waals surface area contributed by atoms with Gasteiger partial charge in [-0.1, -0.05) is 24.6 Å². The fourth-order valence-electron chi connectivity index (χ4n) is 5.62. The van der Waals surface area contributed by atoms with Gasteiger partial charge in [-0.25, -0.2) is 4.98 Å². The van der Waals surface area contributed by atoms with Crippen LogP contribution in [-0.2, 0) is 28.7 Å². The van der Waals surface area contributed by atoms with Crippen molar-refractivity contribution in [2.45, 2.75) is 32.5 Å². The maximum absolute atomic E-state index is 14.1. The fraction of sp³-hybridized carbons (Fsp3) is 0.379. The number of carbonyl (C=O) groups is 2. The van der Waals surface area contributed by atoms with Gasteiger partial charge in [0.05, 0.1) is 40.7 Å². The van der Waals surface area contributed by atoms with Crippen LogP contribution in [0.5, 0.6) is 0 Å². The van der Waals surface area contributed by atoms with Crippen molar-refractivity contribution >= 4 is 62.5 Å². The molecule has 0 spiro atoms. The molecular formula is C29H29ClF3N9O4S. The summed E-state index contributed by atoms with van der Waals surface area (Å²) in [5, 5.41) is 7.16. The number of nitrogen functional groups attached to an aromatic ring is 1. The number of rotatable bonds is 7. The van der Waals surface area contributed by atoms with Gasteiger partial charge < -0.3 is 30.2 Å². The molecule has 47 heavy (non-hydrogen) atoms. The van der Waals surface area contributed by atoms with Gasteiger partial charge >= 0.3 is 6.18 Å². The first-order valence-corrected chi connectivity index (χ1v) is 15.9. The van der Waals surface area contributed by atoms with E-state index in [-0.39, 0.29) is 34.6 Å². The average Bonchev–Trinajstić information content (AvgIpc) is 3.70. The largest absolute Gasteiger partial charge is 0.416 e. The Bertz CT molecular complexity index is 1950. The number of halogens is 4. The molecule has 1 aromatic carbocycles. The summed E-state index contributed by atoms with van der Waals surface area (Å²) in [5.74, 6) is -0.458. The van der Waals surface area contributed by atoms with Crippen LogP contribution in [-0.4, -0.2) is 80.3 Å². The molecule has 1 fully saturated rings. The summed E-state index contributed by atoms with van der Waals surface area (Å²) >= 11 is 7.27. The van der Waals surface area contributed by atoms with Crippen LogP contribution in [0.2, 0.25) is 5.02 Å². The van der Waals surface area contributed by atoms with Crippen LogP contribution in [0.3, 0.4) is 0 Å². The highest BCUT2D eigenvalue weighted by molar-refractivity contribution is 7.14. The number of hydrogen-bond donors (Lipinski definition) is 2. The van der Waals surface area contributed by atoms with E-state index in [0.717, 1.165) is 28.3 Å². The summed E-state index contributed by atoms with van der Waals surface area (Å²) in [6.45, 7) is 3.51. The summed E-state index contributed by atoms with van der Waals surface area (Å²) in [5.41, 5.74) is 7.82. The Morgan fingerprint density at radius 2 is 1.96 bits per heavy atom. The molecule has 0 radical (unpaired) electrons. The first-order chi connectivity index (χ1) is 22.5. The van der Waals surface area contributed by atoms with Gasteiger partial charge in [0.15, 0.2) is 11.5 Å². The Kier molecular flexibility index (Phi) is 8.95. The van der Waals surface area contributed by atoms with E-state index in [1.165, 1.54) is 16.8 Å². The Hall–Kier alpha value is -4.48. The normalized spacial score (nSPS) is 15.6. The molecule has 18 heteroatoms. The molecule has 4 aromatic rings. The molecule has 0 atom stereocenters. The third kappa shape index (κ3) is 6.42. The number of nitrogens with two attached hydrogens (primary N) is 1. The SMILES string of the molecule is CCc1c(N2CCN(C(=O)c3ncsc3N)CC2)c(=O)n2nc(C3=CCOCC3)nc2n1CC(=O)Nc1ccc(C(F)(F)F)cc1Cl. The van der Waals surface area contributed by atoms with Crippen molar-refractivity contribution < 1.29 is 27.5 Å². The van der Waals surface area contributed by atoms with Gasteiger partial charge in [0.2, 0.25) is 11.7 Å². The molecule has 5 heterocycles. The highest BCUT2D eigenvalue weighted by Gasteiger charge is 2.32. The van der Waals surface area contributed by atoms with Crippen LogP contribution < -0.4 is 21.5 Å². The number of carbonyl (C=O) groups excluding carboxylic acids is 2. The number of anilines is 3. The first kappa shape index (κ1) is 32.5. The molecular weight excluding hydrogens is 663 g/mol. The summed E-state index contributed by atoms with van der Waals surface area (Å²) < 4.78 is 47.6. The second-order valence-corrected chi connectivity index (χ2v) is 12.1. The summed E-state index contributed by atoms with van der Waals surface area (Å²) in [6.07, 6.45) is -1.91. The highest BCUT2D eigenvalue weighted by Crippen LogP contribution is 2.34. The van der Waals surface area contributed by atoms with Crippen LogP contribution in [0.15, 0.2) is 34.6 Å². The average molecular weight is 692 g/mol. The monoisotopic (exact) mass is 691 g/mol. The zero-order valence-electron chi connectivity index (χ0n) is 25.0. The van der Waals surface area contributed by atoms with E-state index >= 15 is 0 Å². The number of fused-ring (bicyclic) bond motifs is 1. The van der Waals surface area contributed by atoms with Gasteiger partial charge in [-0.3, -0.25) is 14.4 Å². The summed E-state index contributed by atoms with van der Waals surface area (Å²) in [7, 11) is 0. The predicted molar refractivity (Wildman–Crippen MR) is 170 cm³/mol. The Balaban J connectivity index is 1.35. The second kappa shape index (κ2) is 13.0. The number of piperazine rings is 1. The van der Waals surface area contributed by atoms with Crippen LogP contribution in [0.4, 0.5) is 29.5 Å². The Morgan fingerprint density at radius 1 is 1.19 bits per heavy atom. The third-order valence-corrected chi connectivity index (χ3v) is 8.93. The van der Waals surface area contributed by atoms with Crippen molar-refractivity contribution in [3.8, 4) is 0 Å². The van der Waals surface area contributed by atoms with E-state index in [1.54, 1.807) is 9.47 Å². The highest BCUT2D eigenvalue weighted by atomic mass is 35.5. The molecule has 2 amide bonds. The lowest BCUT2D eigenvalue weighted by Crippen LogP contribution is -2.51. The molecule has 2 aliphatic rings. The van der Waals surface area contributed by atoms with Gasteiger partial charge in [-0.05, 0) is 36.6 Å². The van der Waals surface area contributed by atoms with Gasteiger partial charge in [0.25, 0.3) is 11.5 Å². The molecule has 13 nitrogen and oxygen atoms in total. The van der Waals surface area contributed by atoms with Gasteiger partial charge in [0.1, 0.15) is 17.2 Å². The molecule has 3 N–H and O–H groups in total. The van der Waals surface area contributed by atoms with E-state index < -0.39 is 23.2 Å². The molecule has 2 aliphatic heterocycles. The van der Waals surface area contributed by atoms with Crippen molar-refractivity contribution in [1.29, 1.82) is 0 Å². The molecule has 0 bridgehead atoms. The van der Waals surface area contributed by atoms with E-state index in [9.17, 15) is 27.6 Å². The summed E-state index contributed by atoms with van der Waals surface area (Å²) in [6, 6.07) is 2.65. The van der Waals surface area contributed by atoms with Gasteiger partial charge in [0, 0.05) is 26.2 Å². The van der Waals surface area contributed by atoms with Crippen LogP contribution >= 0.6 is 22.9 Å². The smallest absolute Gasteiger partial charge is 0.389 e. The number of nitrogens with zero attached hydrogens (tertiary/aromatic N) is 7. The molecule has 248 valence electrons. The maximum atomic E-state index is 14.1. The number of benzene rings is 1. The van der Waals surface area contributed by atoms with Crippen LogP contribution in [0.1, 0.15) is 40.9 Å². The van der Waals surface area contributed by atoms with Crippen LogP contribution in [0, 0.1) is 0 Å². The van der Waals surface area contributed by atoms with Gasteiger partial charge in [-0.15, -0.1) is 16.4 Å². The molecule has 0 aliphatic carbocycles. The molecule has 6 rings (SSSR count). The predicted octanol–water partition coefficient (Wildman–Crippen LogP) is 3.57. The number of thiazole rings is 1. The van der Waals surface area contributed by atoms with Crippen LogP contribution in [0.25, 0.3) is 11.4 Å². The van der Waals surface area contributed by atoms with Gasteiger partial charge in [-0.2, -0.15) is 22.7 Å². The number of nitrogens with one attached hydrogen (secondary N) is 1. The third-order valence-electron chi connectivity index (χ3n) is 7.96. The maximum Gasteiger partial charge on any atom is 0.416 e. The molecule has 3 aromatic heterocycles. The lowest BCUT2D eigenvalue weighted by Gasteiger charge is -2.36. The molecule has 0 unspecified atom stereocenters. The van der Waals surface area contributed by atoms with Crippen molar-refractivity contribution in [2.75, 3.05) is 55.3 Å². The Morgan fingerprint density at radius 3 is 2.57 bits per heavy atom. The lowest BCUT2D eigenvalue weighted by atomic mass is 10.1. The number of alkyl halides is 3. The minimum absolute atomic E-state index is 0.00365. The van der Waals surface area contributed by atoms with Crippen molar-refractivity contribution in [1.82, 2.24) is 29.0 Å². The number of amides is 2. The number of aromatic nitrogens is 5. The van der Waals surface area contributed by atoms with E-state index in [4.69, 9.17) is 22.1 Å². The van der Waals surface area contributed by atoms with E-state index in [0.29, 0.717) is 74.4 Å². The minimum atomic E-state index is -4.60. The quantitative estimate of drug-likeness (QED) is 0.296. The zero-order valence-corrected chi connectivity index (χ0v) is 26.6. The number of hydrogen-bond acceptors (Lipinski definition) is 10. The molecule has 1 saturated heterocycles. The van der Waals surface area contributed by atoms with Crippen molar-refractivity contribution in [3.05, 3.63) is 67.9 Å². The zero-order chi connectivity index (χ0) is 33.5. The minimum Gasteiger partial charge on any atom is -0.389 e. The van der Waals surface area contributed by atoms with Crippen molar-refractivity contribution in [2.24, 2.45) is 0 Å². The molecule has 0 saturated carbocycles. The second-order valence-electron chi connectivity index (χ2n) is 10.8. The fourth-order valence-corrected chi connectivity index (χ4v) is 6.37. The first-order valence-electron chi connectivity index (χ1n) is 14.7. The van der Waals surface area contributed by atoms with E-state index in [2.05, 4.69) is 20.4 Å².